The van der Waals surface area contributed by atoms with E-state index < -0.39 is 0 Å². The van der Waals surface area contributed by atoms with Gasteiger partial charge in [0.1, 0.15) is 5.60 Å². The van der Waals surface area contributed by atoms with Gasteiger partial charge in [-0.05, 0) is 46.0 Å². The quantitative estimate of drug-likeness (QED) is 0.524. The Kier molecular flexibility index (Phi) is 3.58. The highest BCUT2D eigenvalue weighted by Crippen LogP contribution is 2.50. The van der Waals surface area contributed by atoms with Crippen molar-refractivity contribution < 1.29 is 9.53 Å². The summed E-state index contributed by atoms with van der Waals surface area (Å²) < 4.78 is 5.29. The zero-order chi connectivity index (χ0) is 11.5. The molecule has 0 aromatic rings. The van der Waals surface area contributed by atoms with Crippen LogP contribution in [0.2, 0.25) is 0 Å². The van der Waals surface area contributed by atoms with Crippen molar-refractivity contribution in [3.8, 4) is 0 Å². The fraction of sp³-hybridized carbons (Fsp3) is 0.769. The fourth-order valence-corrected chi connectivity index (χ4v) is 2.82. The van der Waals surface area contributed by atoms with Gasteiger partial charge in [-0.3, -0.25) is 4.79 Å². The number of ether oxygens (including phenoxy) is 1. The van der Waals surface area contributed by atoms with E-state index in [4.69, 9.17) is 4.74 Å². The molecule has 1 unspecified atom stereocenters. The molecule has 0 saturated heterocycles. The van der Waals surface area contributed by atoms with E-state index in [0.717, 1.165) is 25.7 Å². The second-order valence-corrected chi connectivity index (χ2v) is 5.14. The zero-order valence-corrected chi connectivity index (χ0v) is 10.1. The maximum absolute atomic E-state index is 10.6. The van der Waals surface area contributed by atoms with E-state index >= 15 is 0 Å². The highest BCUT2D eigenvalue weighted by molar-refractivity contribution is 5.38. The molecule has 0 aromatic carbocycles. The van der Waals surface area contributed by atoms with Gasteiger partial charge in [0.15, 0.2) is 0 Å². The van der Waals surface area contributed by atoms with Crippen molar-refractivity contribution in [3.05, 3.63) is 12.2 Å². The summed E-state index contributed by atoms with van der Waals surface area (Å²) in [6.45, 7) is 10.9. The van der Waals surface area contributed by atoms with Gasteiger partial charge in [-0.15, -0.1) is 0 Å². The molecule has 0 heterocycles. The SMILES string of the molecule is C=C1CCCC(CC)(C(C)(C)OC=O)C1. The van der Waals surface area contributed by atoms with E-state index in [1.165, 1.54) is 12.0 Å². The van der Waals surface area contributed by atoms with Crippen molar-refractivity contribution >= 4 is 6.47 Å². The lowest BCUT2D eigenvalue weighted by atomic mass is 9.62. The number of carbonyl (C=O) groups excluding carboxylic acids is 1. The van der Waals surface area contributed by atoms with Crippen LogP contribution in [0.3, 0.4) is 0 Å². The highest BCUT2D eigenvalue weighted by Gasteiger charge is 2.46. The van der Waals surface area contributed by atoms with Crippen molar-refractivity contribution in [2.24, 2.45) is 5.41 Å². The van der Waals surface area contributed by atoms with Gasteiger partial charge >= 0.3 is 0 Å². The standard InChI is InChI=1S/C13H22O2/c1-5-13(12(3,4)15-10-14)8-6-7-11(2)9-13/h10H,2,5-9H2,1,3-4H3. The molecule has 1 aliphatic rings. The molecule has 1 fully saturated rings. The average Bonchev–Trinajstić information content (AvgIpc) is 2.17. The Hall–Kier alpha value is -0.790. The van der Waals surface area contributed by atoms with Crippen molar-refractivity contribution in [1.82, 2.24) is 0 Å². The molecule has 15 heavy (non-hydrogen) atoms. The van der Waals surface area contributed by atoms with Crippen molar-refractivity contribution in [1.29, 1.82) is 0 Å². The Morgan fingerprint density at radius 3 is 2.73 bits per heavy atom. The second-order valence-electron chi connectivity index (χ2n) is 5.14. The number of carbonyl (C=O) groups is 1. The summed E-state index contributed by atoms with van der Waals surface area (Å²) in [4.78, 5) is 10.6. The summed E-state index contributed by atoms with van der Waals surface area (Å²) >= 11 is 0. The molecule has 1 saturated carbocycles. The van der Waals surface area contributed by atoms with Crippen LogP contribution in [-0.2, 0) is 9.53 Å². The first kappa shape index (κ1) is 12.3. The van der Waals surface area contributed by atoms with Gasteiger partial charge in [0.05, 0.1) is 0 Å². The average molecular weight is 210 g/mol. The summed E-state index contributed by atoms with van der Waals surface area (Å²) in [6, 6.07) is 0. The molecule has 2 nitrogen and oxygen atoms in total. The first-order valence-corrected chi connectivity index (χ1v) is 5.75. The topological polar surface area (TPSA) is 26.3 Å². The summed E-state index contributed by atoms with van der Waals surface area (Å²) in [5, 5.41) is 0. The molecule has 86 valence electrons. The van der Waals surface area contributed by atoms with Gasteiger partial charge in [-0.25, -0.2) is 0 Å². The van der Waals surface area contributed by atoms with Crippen LogP contribution in [0.5, 0.6) is 0 Å². The monoisotopic (exact) mass is 210 g/mol. The maximum atomic E-state index is 10.6. The molecule has 0 bridgehead atoms. The van der Waals surface area contributed by atoms with Crippen molar-refractivity contribution in [2.45, 2.75) is 58.5 Å². The number of hydrogen-bond donors (Lipinski definition) is 0. The molecule has 0 aliphatic heterocycles. The van der Waals surface area contributed by atoms with Gasteiger partial charge in [0, 0.05) is 5.41 Å². The van der Waals surface area contributed by atoms with E-state index in [0.29, 0.717) is 6.47 Å². The Labute approximate surface area is 92.7 Å². The van der Waals surface area contributed by atoms with Crippen LogP contribution >= 0.6 is 0 Å². The van der Waals surface area contributed by atoms with Gasteiger partial charge in [-0.1, -0.05) is 19.1 Å². The van der Waals surface area contributed by atoms with Crippen LogP contribution in [-0.4, -0.2) is 12.1 Å². The molecule has 0 radical (unpaired) electrons. The molecule has 2 heteroatoms. The Morgan fingerprint density at radius 1 is 1.60 bits per heavy atom. The molecular formula is C13H22O2. The lowest BCUT2D eigenvalue weighted by Gasteiger charge is -2.48. The number of rotatable bonds is 4. The predicted octanol–water partition coefficient (Wildman–Crippen LogP) is 3.46. The van der Waals surface area contributed by atoms with Gasteiger partial charge in [-0.2, -0.15) is 0 Å². The van der Waals surface area contributed by atoms with Gasteiger partial charge in [0.25, 0.3) is 6.47 Å². The van der Waals surface area contributed by atoms with E-state index in [1.807, 2.05) is 13.8 Å². The first-order valence-electron chi connectivity index (χ1n) is 5.75. The Bertz CT molecular complexity index is 255. The Balaban J connectivity index is 2.91. The molecule has 0 aromatic heterocycles. The molecule has 0 N–H and O–H groups in total. The second kappa shape index (κ2) is 4.38. The zero-order valence-electron chi connectivity index (χ0n) is 10.1. The molecule has 1 aliphatic carbocycles. The minimum Gasteiger partial charge on any atom is -0.461 e. The van der Waals surface area contributed by atoms with Crippen molar-refractivity contribution in [2.75, 3.05) is 0 Å². The molecule has 1 rings (SSSR count). The van der Waals surface area contributed by atoms with E-state index in [9.17, 15) is 4.79 Å². The number of hydrogen-bond acceptors (Lipinski definition) is 2. The summed E-state index contributed by atoms with van der Waals surface area (Å²) in [7, 11) is 0. The molecule has 0 amide bonds. The third-order valence-corrected chi connectivity index (χ3v) is 4.07. The lowest BCUT2D eigenvalue weighted by Crippen LogP contribution is -2.46. The minimum absolute atomic E-state index is 0.0866. The van der Waals surface area contributed by atoms with Crippen LogP contribution in [0.15, 0.2) is 12.2 Å². The smallest absolute Gasteiger partial charge is 0.293 e. The lowest BCUT2D eigenvalue weighted by molar-refractivity contribution is -0.158. The largest absolute Gasteiger partial charge is 0.461 e. The first-order chi connectivity index (χ1) is 6.97. The molecule has 1 atom stereocenters. The Morgan fingerprint density at radius 2 is 2.27 bits per heavy atom. The predicted molar refractivity (Wildman–Crippen MR) is 61.6 cm³/mol. The van der Waals surface area contributed by atoms with Gasteiger partial charge in [0.2, 0.25) is 0 Å². The molecular weight excluding hydrogens is 188 g/mol. The maximum Gasteiger partial charge on any atom is 0.293 e. The van der Waals surface area contributed by atoms with Crippen LogP contribution in [0.4, 0.5) is 0 Å². The van der Waals surface area contributed by atoms with E-state index in [1.54, 1.807) is 0 Å². The molecule has 0 spiro atoms. The summed E-state index contributed by atoms with van der Waals surface area (Å²) in [5.41, 5.74) is 1.00. The van der Waals surface area contributed by atoms with Crippen LogP contribution in [0.1, 0.15) is 52.9 Å². The summed E-state index contributed by atoms with van der Waals surface area (Å²) in [5.74, 6) is 0. The van der Waals surface area contributed by atoms with Gasteiger partial charge < -0.3 is 4.74 Å². The number of allylic oxidation sites excluding steroid dienone is 1. The van der Waals surface area contributed by atoms with Crippen molar-refractivity contribution in [3.63, 3.8) is 0 Å². The van der Waals surface area contributed by atoms with E-state index in [-0.39, 0.29) is 11.0 Å². The normalized spacial score (nSPS) is 27.5. The van der Waals surface area contributed by atoms with Crippen LogP contribution < -0.4 is 0 Å². The third-order valence-electron chi connectivity index (χ3n) is 4.07. The van der Waals surface area contributed by atoms with Crippen LogP contribution in [0.25, 0.3) is 0 Å². The van der Waals surface area contributed by atoms with E-state index in [2.05, 4.69) is 13.5 Å². The fourth-order valence-electron chi connectivity index (χ4n) is 2.82. The van der Waals surface area contributed by atoms with Crippen LogP contribution in [0, 0.1) is 5.41 Å². The highest BCUT2D eigenvalue weighted by atomic mass is 16.5. The third kappa shape index (κ3) is 2.24. The minimum atomic E-state index is -0.382. The summed E-state index contributed by atoms with van der Waals surface area (Å²) in [6.07, 6.45) is 5.44.